The molecule has 0 aliphatic rings. The fraction of sp³-hybridized carbons (Fsp3) is 0.400. The summed E-state index contributed by atoms with van der Waals surface area (Å²) in [5, 5.41) is 7.91. The highest BCUT2D eigenvalue weighted by Gasteiger charge is 2.14. The minimum Gasteiger partial charge on any atom is -0.481 e. The molecule has 0 spiro atoms. The van der Waals surface area contributed by atoms with Crippen LogP contribution in [0, 0.1) is 6.92 Å². The number of hydrogen-bond donors (Lipinski definition) is 1. The van der Waals surface area contributed by atoms with E-state index in [0.717, 1.165) is 28.2 Å². The highest BCUT2D eigenvalue weighted by Crippen LogP contribution is 2.23. The number of aryl methyl sites for hydroxylation is 2. The molecule has 2 aromatic rings. The molecular formula is C15H20BrN3O. The number of benzene rings is 1. The maximum absolute atomic E-state index is 5.41. The Bertz CT molecular complexity index is 595. The standard InChI is InChI=1S/C15H20BrN3O/c1-10(12-6-5-7-13(16)8-12)17-9-14-11(2)18-19(3)15(14)20-4/h5-8,10,17H,9H2,1-4H3/t10-/m0/s1. The van der Waals surface area contributed by atoms with Crippen molar-refractivity contribution in [2.24, 2.45) is 7.05 Å². The lowest BCUT2D eigenvalue weighted by Crippen LogP contribution is -2.18. The van der Waals surface area contributed by atoms with E-state index in [1.54, 1.807) is 11.8 Å². The van der Waals surface area contributed by atoms with Gasteiger partial charge in [0.2, 0.25) is 5.88 Å². The lowest BCUT2D eigenvalue weighted by atomic mass is 10.1. The fourth-order valence-corrected chi connectivity index (χ4v) is 2.71. The SMILES string of the molecule is COc1c(CN[C@@H](C)c2cccc(Br)c2)c(C)nn1C. The first kappa shape index (κ1) is 15.1. The Labute approximate surface area is 128 Å². The zero-order valence-electron chi connectivity index (χ0n) is 12.3. The summed E-state index contributed by atoms with van der Waals surface area (Å²) in [4.78, 5) is 0. The molecule has 1 N–H and O–H groups in total. The lowest BCUT2D eigenvalue weighted by molar-refractivity contribution is 0.367. The van der Waals surface area contributed by atoms with E-state index < -0.39 is 0 Å². The number of ether oxygens (including phenoxy) is 1. The maximum Gasteiger partial charge on any atom is 0.216 e. The first-order valence-electron chi connectivity index (χ1n) is 6.58. The minimum absolute atomic E-state index is 0.261. The average Bonchev–Trinajstić information content (AvgIpc) is 2.69. The zero-order valence-corrected chi connectivity index (χ0v) is 13.9. The van der Waals surface area contributed by atoms with Gasteiger partial charge in [0, 0.05) is 24.1 Å². The van der Waals surface area contributed by atoms with Gasteiger partial charge in [0.05, 0.1) is 18.4 Å². The van der Waals surface area contributed by atoms with Crippen molar-refractivity contribution in [1.82, 2.24) is 15.1 Å². The number of methoxy groups -OCH3 is 1. The van der Waals surface area contributed by atoms with Gasteiger partial charge in [-0.15, -0.1) is 0 Å². The molecule has 20 heavy (non-hydrogen) atoms. The van der Waals surface area contributed by atoms with Crippen LogP contribution in [0.25, 0.3) is 0 Å². The Morgan fingerprint density at radius 1 is 1.45 bits per heavy atom. The Hall–Kier alpha value is -1.33. The molecule has 0 saturated heterocycles. The number of aromatic nitrogens is 2. The molecule has 1 aromatic heterocycles. The summed E-state index contributed by atoms with van der Waals surface area (Å²) < 4.78 is 8.28. The molecule has 5 heteroatoms. The molecule has 0 radical (unpaired) electrons. The molecule has 0 bridgehead atoms. The van der Waals surface area contributed by atoms with Crippen molar-refractivity contribution in [1.29, 1.82) is 0 Å². The Morgan fingerprint density at radius 2 is 2.20 bits per heavy atom. The summed E-state index contributed by atoms with van der Waals surface area (Å²) in [5.74, 6) is 0.816. The third-order valence-electron chi connectivity index (χ3n) is 3.42. The first-order valence-corrected chi connectivity index (χ1v) is 7.37. The molecule has 0 amide bonds. The van der Waals surface area contributed by atoms with E-state index in [-0.39, 0.29) is 6.04 Å². The topological polar surface area (TPSA) is 39.1 Å². The molecule has 2 rings (SSSR count). The number of nitrogens with one attached hydrogen (secondary N) is 1. The van der Waals surface area contributed by atoms with Crippen molar-refractivity contribution in [2.75, 3.05) is 7.11 Å². The summed E-state index contributed by atoms with van der Waals surface area (Å²) in [6, 6.07) is 8.59. The van der Waals surface area contributed by atoms with Crippen molar-refractivity contribution in [3.05, 3.63) is 45.6 Å². The van der Waals surface area contributed by atoms with Gasteiger partial charge in [0.1, 0.15) is 0 Å². The summed E-state index contributed by atoms with van der Waals surface area (Å²) in [5.41, 5.74) is 3.36. The van der Waals surface area contributed by atoms with Crippen molar-refractivity contribution < 1.29 is 4.74 Å². The monoisotopic (exact) mass is 337 g/mol. The van der Waals surface area contributed by atoms with Crippen LogP contribution in [0.4, 0.5) is 0 Å². The molecule has 0 aliphatic heterocycles. The molecule has 108 valence electrons. The summed E-state index contributed by atoms with van der Waals surface area (Å²) in [7, 11) is 3.57. The lowest BCUT2D eigenvalue weighted by Gasteiger charge is -2.15. The third kappa shape index (κ3) is 3.22. The van der Waals surface area contributed by atoms with E-state index in [4.69, 9.17) is 4.74 Å². The van der Waals surface area contributed by atoms with Crippen LogP contribution >= 0.6 is 15.9 Å². The van der Waals surface area contributed by atoms with Gasteiger partial charge in [0.15, 0.2) is 0 Å². The average molecular weight is 338 g/mol. The van der Waals surface area contributed by atoms with Crippen molar-refractivity contribution in [3.8, 4) is 5.88 Å². The summed E-state index contributed by atoms with van der Waals surface area (Å²) in [6.07, 6.45) is 0. The molecule has 1 heterocycles. The van der Waals surface area contributed by atoms with Crippen LogP contribution in [-0.4, -0.2) is 16.9 Å². The van der Waals surface area contributed by atoms with Gasteiger partial charge in [-0.25, -0.2) is 4.68 Å². The number of nitrogens with zero attached hydrogens (tertiary/aromatic N) is 2. The van der Waals surface area contributed by atoms with Gasteiger partial charge in [-0.2, -0.15) is 5.10 Å². The smallest absolute Gasteiger partial charge is 0.216 e. The molecule has 4 nitrogen and oxygen atoms in total. The summed E-state index contributed by atoms with van der Waals surface area (Å²) >= 11 is 3.50. The van der Waals surface area contributed by atoms with Crippen molar-refractivity contribution in [2.45, 2.75) is 26.4 Å². The molecular weight excluding hydrogens is 318 g/mol. The fourth-order valence-electron chi connectivity index (χ4n) is 2.29. The van der Waals surface area contributed by atoms with Crippen LogP contribution in [-0.2, 0) is 13.6 Å². The number of rotatable bonds is 5. The van der Waals surface area contributed by atoms with E-state index in [9.17, 15) is 0 Å². The van der Waals surface area contributed by atoms with Crippen molar-refractivity contribution >= 4 is 15.9 Å². The second kappa shape index (κ2) is 6.41. The van der Waals surface area contributed by atoms with E-state index in [0.29, 0.717) is 0 Å². The second-order valence-electron chi connectivity index (χ2n) is 4.85. The third-order valence-corrected chi connectivity index (χ3v) is 3.91. The van der Waals surface area contributed by atoms with Gasteiger partial charge in [0.25, 0.3) is 0 Å². The minimum atomic E-state index is 0.261. The largest absolute Gasteiger partial charge is 0.481 e. The Kier molecular flexibility index (Phi) is 4.83. The molecule has 1 atom stereocenters. The van der Waals surface area contributed by atoms with E-state index in [2.05, 4.69) is 45.4 Å². The van der Waals surface area contributed by atoms with Crippen LogP contribution in [0.1, 0.15) is 29.8 Å². The molecule has 0 fully saturated rings. The predicted molar refractivity (Wildman–Crippen MR) is 83.9 cm³/mol. The van der Waals surface area contributed by atoms with Crippen LogP contribution in [0.2, 0.25) is 0 Å². The quantitative estimate of drug-likeness (QED) is 0.909. The van der Waals surface area contributed by atoms with E-state index >= 15 is 0 Å². The molecule has 0 aliphatic carbocycles. The van der Waals surface area contributed by atoms with E-state index in [1.807, 2.05) is 26.1 Å². The van der Waals surface area contributed by atoms with Crippen LogP contribution in [0.15, 0.2) is 28.7 Å². The van der Waals surface area contributed by atoms with Crippen LogP contribution in [0.5, 0.6) is 5.88 Å². The van der Waals surface area contributed by atoms with Gasteiger partial charge in [-0.05, 0) is 31.5 Å². The second-order valence-corrected chi connectivity index (χ2v) is 5.77. The normalized spacial score (nSPS) is 12.4. The van der Waals surface area contributed by atoms with Crippen LogP contribution < -0.4 is 10.1 Å². The van der Waals surface area contributed by atoms with Gasteiger partial charge in [-0.3, -0.25) is 0 Å². The van der Waals surface area contributed by atoms with Gasteiger partial charge >= 0.3 is 0 Å². The van der Waals surface area contributed by atoms with Crippen LogP contribution in [0.3, 0.4) is 0 Å². The molecule has 1 aromatic carbocycles. The Balaban J connectivity index is 2.09. The number of hydrogen-bond acceptors (Lipinski definition) is 3. The highest BCUT2D eigenvalue weighted by molar-refractivity contribution is 9.10. The van der Waals surface area contributed by atoms with Crippen molar-refractivity contribution in [3.63, 3.8) is 0 Å². The van der Waals surface area contributed by atoms with Gasteiger partial charge < -0.3 is 10.1 Å². The Morgan fingerprint density at radius 3 is 2.85 bits per heavy atom. The maximum atomic E-state index is 5.41. The first-order chi connectivity index (χ1) is 9.52. The predicted octanol–water partition coefficient (Wildman–Crippen LogP) is 3.35. The van der Waals surface area contributed by atoms with E-state index in [1.165, 1.54) is 5.56 Å². The zero-order chi connectivity index (χ0) is 14.7. The highest BCUT2D eigenvalue weighted by atomic mass is 79.9. The molecule has 0 saturated carbocycles. The summed E-state index contributed by atoms with van der Waals surface area (Å²) in [6.45, 7) is 4.89. The van der Waals surface area contributed by atoms with Gasteiger partial charge in [-0.1, -0.05) is 28.1 Å². The number of halogens is 1. The molecule has 0 unspecified atom stereocenters.